The summed E-state index contributed by atoms with van der Waals surface area (Å²) in [6, 6.07) is 7.84. The number of hydrogen-bond acceptors (Lipinski definition) is 3. The number of carboxylic acid groups (broad SMARTS) is 1. The molecule has 3 N–H and O–H groups in total. The lowest BCUT2D eigenvalue weighted by molar-refractivity contribution is -0.145. The zero-order valence-corrected chi connectivity index (χ0v) is 12.0. The average Bonchev–Trinajstić information content (AvgIpc) is 3.28. The van der Waals surface area contributed by atoms with Crippen molar-refractivity contribution < 1.29 is 14.6 Å². The van der Waals surface area contributed by atoms with Crippen LogP contribution in [0.15, 0.2) is 24.3 Å². The topological polar surface area (TPSA) is 72.5 Å². The number of benzene rings is 1. The zero-order valence-electron chi connectivity index (χ0n) is 12.0. The fourth-order valence-electron chi connectivity index (χ4n) is 2.29. The molecule has 4 heteroatoms. The summed E-state index contributed by atoms with van der Waals surface area (Å²) in [5.74, 6) is -0.245. The van der Waals surface area contributed by atoms with Gasteiger partial charge >= 0.3 is 5.97 Å². The maximum atomic E-state index is 11.3. The summed E-state index contributed by atoms with van der Waals surface area (Å²) in [6.07, 6.45) is 5.17. The van der Waals surface area contributed by atoms with Gasteiger partial charge in [0.15, 0.2) is 5.54 Å². The second kappa shape index (κ2) is 6.27. The van der Waals surface area contributed by atoms with Gasteiger partial charge in [-0.05, 0) is 49.3 Å². The maximum Gasteiger partial charge on any atom is 0.327 e. The lowest BCUT2D eigenvalue weighted by Crippen LogP contribution is -2.54. The van der Waals surface area contributed by atoms with Crippen molar-refractivity contribution in [3.63, 3.8) is 0 Å². The highest BCUT2D eigenvalue weighted by molar-refractivity contribution is 5.79. The van der Waals surface area contributed by atoms with Crippen LogP contribution >= 0.6 is 0 Å². The van der Waals surface area contributed by atoms with Crippen molar-refractivity contribution in [2.45, 2.75) is 44.6 Å². The Balaban J connectivity index is 1.91. The van der Waals surface area contributed by atoms with Crippen molar-refractivity contribution in [3.8, 4) is 5.75 Å². The van der Waals surface area contributed by atoms with Crippen molar-refractivity contribution in [1.29, 1.82) is 0 Å². The summed E-state index contributed by atoms with van der Waals surface area (Å²) >= 11 is 0. The summed E-state index contributed by atoms with van der Waals surface area (Å²) in [4.78, 5) is 11.3. The van der Waals surface area contributed by atoms with Gasteiger partial charge in [0.05, 0.1) is 0 Å². The maximum absolute atomic E-state index is 11.3. The zero-order chi connectivity index (χ0) is 14.6. The van der Waals surface area contributed by atoms with E-state index in [1.54, 1.807) is 0 Å². The molecule has 1 aromatic rings. The summed E-state index contributed by atoms with van der Waals surface area (Å²) in [5, 5.41) is 9.26. The molecule has 1 saturated carbocycles. The number of unbranched alkanes of at least 4 members (excludes halogenated alkanes) is 1. The minimum absolute atomic E-state index is 0.0291. The number of ether oxygens (including phenoxy) is 1. The van der Waals surface area contributed by atoms with E-state index < -0.39 is 11.5 Å². The van der Waals surface area contributed by atoms with Gasteiger partial charge in [0, 0.05) is 0 Å². The van der Waals surface area contributed by atoms with Gasteiger partial charge in [0.25, 0.3) is 0 Å². The van der Waals surface area contributed by atoms with Crippen LogP contribution < -0.4 is 10.5 Å². The van der Waals surface area contributed by atoms with Crippen molar-refractivity contribution in [2.24, 2.45) is 11.7 Å². The summed E-state index contributed by atoms with van der Waals surface area (Å²) in [6.45, 7) is 2.20. The standard InChI is InChI=1S/C16H23NO3/c1-2-3-4-12-5-9-14(10-6-12)20-11-16(17,15(18)19)13-7-8-13/h5-6,9-10,13H,2-4,7-8,11,17H2,1H3,(H,18,19). The highest BCUT2D eigenvalue weighted by atomic mass is 16.5. The number of carbonyl (C=O) groups is 1. The molecule has 0 amide bonds. The molecule has 110 valence electrons. The number of aliphatic carboxylic acids is 1. The molecular weight excluding hydrogens is 254 g/mol. The van der Waals surface area contributed by atoms with Crippen LogP contribution in [0.5, 0.6) is 5.75 Å². The van der Waals surface area contributed by atoms with E-state index in [1.165, 1.54) is 18.4 Å². The Morgan fingerprint density at radius 1 is 1.40 bits per heavy atom. The molecule has 0 aliphatic heterocycles. The summed E-state index contributed by atoms with van der Waals surface area (Å²) in [5.41, 5.74) is 5.99. The molecule has 1 atom stereocenters. The van der Waals surface area contributed by atoms with Crippen molar-refractivity contribution >= 4 is 5.97 Å². The molecule has 4 nitrogen and oxygen atoms in total. The predicted octanol–water partition coefficient (Wildman–Crippen LogP) is 2.60. The first-order valence-corrected chi connectivity index (χ1v) is 7.30. The highest BCUT2D eigenvalue weighted by Gasteiger charge is 2.49. The monoisotopic (exact) mass is 277 g/mol. The van der Waals surface area contributed by atoms with Crippen LogP contribution in [0, 0.1) is 5.92 Å². The molecule has 20 heavy (non-hydrogen) atoms. The van der Waals surface area contributed by atoms with Crippen molar-refractivity contribution in [1.82, 2.24) is 0 Å². The number of rotatable bonds is 8. The molecule has 0 heterocycles. The molecule has 2 rings (SSSR count). The Hall–Kier alpha value is -1.55. The van der Waals surface area contributed by atoms with E-state index in [9.17, 15) is 9.90 Å². The lowest BCUT2D eigenvalue weighted by Gasteiger charge is -2.24. The van der Waals surface area contributed by atoms with Crippen LogP contribution in [-0.4, -0.2) is 23.2 Å². The first-order valence-electron chi connectivity index (χ1n) is 7.30. The number of hydrogen-bond donors (Lipinski definition) is 2. The van der Waals surface area contributed by atoms with Crippen LogP contribution in [-0.2, 0) is 11.2 Å². The second-order valence-corrected chi connectivity index (χ2v) is 5.66. The molecule has 1 aromatic carbocycles. The fraction of sp³-hybridized carbons (Fsp3) is 0.562. The van der Waals surface area contributed by atoms with E-state index in [1.807, 2.05) is 24.3 Å². The smallest absolute Gasteiger partial charge is 0.327 e. The van der Waals surface area contributed by atoms with E-state index in [0.717, 1.165) is 19.3 Å². The Morgan fingerprint density at radius 3 is 2.55 bits per heavy atom. The van der Waals surface area contributed by atoms with Gasteiger partial charge in [-0.1, -0.05) is 25.5 Å². The molecule has 0 radical (unpaired) electrons. The number of carboxylic acids is 1. The minimum Gasteiger partial charge on any atom is -0.491 e. The van der Waals surface area contributed by atoms with E-state index >= 15 is 0 Å². The molecule has 0 saturated heterocycles. The Labute approximate surface area is 119 Å². The van der Waals surface area contributed by atoms with Crippen LogP contribution in [0.4, 0.5) is 0 Å². The Morgan fingerprint density at radius 2 is 2.05 bits per heavy atom. The first kappa shape index (κ1) is 14.9. The molecular formula is C16H23NO3. The molecule has 1 unspecified atom stereocenters. The van der Waals surface area contributed by atoms with Gasteiger partial charge < -0.3 is 15.6 Å². The van der Waals surface area contributed by atoms with Gasteiger partial charge in [0.2, 0.25) is 0 Å². The largest absolute Gasteiger partial charge is 0.491 e. The quantitative estimate of drug-likeness (QED) is 0.766. The minimum atomic E-state index is -1.25. The fourth-order valence-corrected chi connectivity index (χ4v) is 2.29. The molecule has 0 aromatic heterocycles. The number of aryl methyl sites for hydroxylation is 1. The van der Waals surface area contributed by atoms with E-state index in [-0.39, 0.29) is 12.5 Å². The van der Waals surface area contributed by atoms with Gasteiger partial charge in [-0.25, -0.2) is 0 Å². The average molecular weight is 277 g/mol. The van der Waals surface area contributed by atoms with Gasteiger partial charge in [0.1, 0.15) is 12.4 Å². The lowest BCUT2D eigenvalue weighted by atomic mass is 9.96. The highest BCUT2D eigenvalue weighted by Crippen LogP contribution is 2.38. The molecule has 1 aliphatic rings. The number of nitrogens with two attached hydrogens (primary N) is 1. The summed E-state index contributed by atoms with van der Waals surface area (Å²) < 4.78 is 5.59. The SMILES string of the molecule is CCCCc1ccc(OCC(N)(C(=O)O)C2CC2)cc1. The van der Waals surface area contributed by atoms with E-state index in [0.29, 0.717) is 5.75 Å². The Bertz CT molecular complexity index is 453. The predicted molar refractivity (Wildman–Crippen MR) is 77.8 cm³/mol. The molecule has 1 fully saturated rings. The van der Waals surface area contributed by atoms with Gasteiger partial charge in [-0.3, -0.25) is 4.79 Å². The van der Waals surface area contributed by atoms with E-state index in [4.69, 9.17) is 10.5 Å². The van der Waals surface area contributed by atoms with Crippen LogP contribution in [0.1, 0.15) is 38.2 Å². The second-order valence-electron chi connectivity index (χ2n) is 5.66. The molecule has 1 aliphatic carbocycles. The van der Waals surface area contributed by atoms with Crippen LogP contribution in [0.25, 0.3) is 0 Å². The van der Waals surface area contributed by atoms with Crippen LogP contribution in [0.2, 0.25) is 0 Å². The third kappa shape index (κ3) is 3.51. The third-order valence-corrected chi connectivity index (χ3v) is 3.92. The van der Waals surface area contributed by atoms with Crippen molar-refractivity contribution in [3.05, 3.63) is 29.8 Å². The molecule has 0 spiro atoms. The van der Waals surface area contributed by atoms with Gasteiger partial charge in [-0.2, -0.15) is 0 Å². The van der Waals surface area contributed by atoms with E-state index in [2.05, 4.69) is 6.92 Å². The molecule has 0 bridgehead atoms. The third-order valence-electron chi connectivity index (χ3n) is 3.92. The normalized spacial score (nSPS) is 17.5. The Kier molecular flexibility index (Phi) is 4.65. The van der Waals surface area contributed by atoms with Crippen molar-refractivity contribution in [2.75, 3.05) is 6.61 Å². The van der Waals surface area contributed by atoms with Crippen LogP contribution in [0.3, 0.4) is 0 Å². The van der Waals surface area contributed by atoms with Gasteiger partial charge in [-0.15, -0.1) is 0 Å². The summed E-state index contributed by atoms with van der Waals surface area (Å²) in [7, 11) is 0. The first-order chi connectivity index (χ1) is 9.56.